The Kier molecular flexibility index (Phi) is 1.99. The Balaban J connectivity index is 1.91. The number of nitrogens with zero attached hydrogens (tertiary/aromatic N) is 1. The lowest BCUT2D eigenvalue weighted by Crippen LogP contribution is -2.53. The highest BCUT2D eigenvalue weighted by molar-refractivity contribution is 6.25. The van der Waals surface area contributed by atoms with Crippen molar-refractivity contribution in [3.63, 3.8) is 0 Å². The molecule has 0 aromatic carbocycles. The van der Waals surface area contributed by atoms with Gasteiger partial charge in [-0.1, -0.05) is 0 Å². The van der Waals surface area contributed by atoms with Crippen LogP contribution < -0.4 is 11.1 Å². The van der Waals surface area contributed by atoms with E-state index < -0.39 is 24.0 Å². The Morgan fingerprint density at radius 2 is 2.15 bits per heavy atom. The molecule has 4 aliphatic rings. The van der Waals surface area contributed by atoms with Gasteiger partial charge in [-0.05, 0) is 6.92 Å². The third kappa shape index (κ3) is 1.05. The average Bonchev–Trinajstić information content (AvgIpc) is 3.08. The zero-order chi connectivity index (χ0) is 14.4. The van der Waals surface area contributed by atoms with Crippen LogP contribution in [0.25, 0.3) is 0 Å². The van der Waals surface area contributed by atoms with Crippen LogP contribution in [0.15, 0.2) is 22.5 Å². The van der Waals surface area contributed by atoms with E-state index in [9.17, 15) is 19.8 Å². The molecule has 0 aromatic heterocycles. The standard InChI is InChI=1S/C13H15N3O4/c1-4-8(14)11(19)7-5(3-17)13(20)12-6(15-12)2-16(13)9(7)10(4)18/h5-6,12,15,17,20H,2-3,14H2,1H3/t5-,6-,12-,13+/m0/s1. The molecule has 20 heavy (non-hydrogen) atoms. The van der Waals surface area contributed by atoms with Gasteiger partial charge in [-0.15, -0.1) is 0 Å². The molecule has 2 saturated heterocycles. The molecule has 0 amide bonds. The first-order chi connectivity index (χ1) is 9.42. The van der Waals surface area contributed by atoms with Gasteiger partial charge < -0.3 is 26.2 Å². The SMILES string of the molecule is CC1=C(N)C(=O)C2=C(C1=O)N1C[C@@H]3N[C@@H]3[C@]1(O)[C@H]2CO. The van der Waals surface area contributed by atoms with Crippen molar-refractivity contribution in [2.75, 3.05) is 13.2 Å². The van der Waals surface area contributed by atoms with Crippen molar-refractivity contribution >= 4 is 11.6 Å². The van der Waals surface area contributed by atoms with Gasteiger partial charge in [0.05, 0.1) is 30.0 Å². The molecule has 0 unspecified atom stereocenters. The molecule has 0 saturated carbocycles. The minimum absolute atomic E-state index is 0.0859. The van der Waals surface area contributed by atoms with E-state index in [4.69, 9.17) is 5.73 Å². The Morgan fingerprint density at radius 1 is 1.45 bits per heavy atom. The number of rotatable bonds is 1. The summed E-state index contributed by atoms with van der Waals surface area (Å²) in [5.74, 6) is -1.57. The zero-order valence-electron chi connectivity index (χ0n) is 10.9. The van der Waals surface area contributed by atoms with Gasteiger partial charge in [-0.2, -0.15) is 0 Å². The summed E-state index contributed by atoms with van der Waals surface area (Å²) >= 11 is 0. The number of nitrogens with one attached hydrogen (secondary N) is 1. The maximum absolute atomic E-state index is 12.4. The topological polar surface area (TPSA) is 126 Å². The number of piperazine rings is 1. The summed E-state index contributed by atoms with van der Waals surface area (Å²) in [5.41, 5.74) is 4.81. The van der Waals surface area contributed by atoms with Crippen molar-refractivity contribution in [3.05, 3.63) is 22.5 Å². The molecule has 3 heterocycles. The highest BCUT2D eigenvalue weighted by Crippen LogP contribution is 2.53. The lowest BCUT2D eigenvalue weighted by Gasteiger charge is -2.35. The van der Waals surface area contributed by atoms with Gasteiger partial charge in [0.15, 0.2) is 5.72 Å². The van der Waals surface area contributed by atoms with E-state index in [2.05, 4.69) is 5.32 Å². The fourth-order valence-electron chi connectivity index (χ4n) is 3.81. The summed E-state index contributed by atoms with van der Waals surface area (Å²) in [6, 6.07) is -0.109. The van der Waals surface area contributed by atoms with Crippen LogP contribution in [0.1, 0.15) is 6.92 Å². The zero-order valence-corrected chi connectivity index (χ0v) is 10.9. The van der Waals surface area contributed by atoms with E-state index in [1.165, 1.54) is 6.92 Å². The van der Waals surface area contributed by atoms with Crippen LogP contribution >= 0.6 is 0 Å². The second-order valence-corrected chi connectivity index (χ2v) is 5.84. The molecule has 0 radical (unpaired) electrons. The molecule has 4 rings (SSSR count). The maximum atomic E-state index is 12.4. The third-order valence-electron chi connectivity index (χ3n) is 4.97. The summed E-state index contributed by atoms with van der Waals surface area (Å²) in [6.07, 6.45) is 0. The molecule has 3 aliphatic heterocycles. The average molecular weight is 277 g/mol. The Labute approximate surface area is 114 Å². The minimum Gasteiger partial charge on any atom is -0.396 e. The molecule has 106 valence electrons. The molecular weight excluding hydrogens is 262 g/mol. The highest BCUT2D eigenvalue weighted by Gasteiger charge is 2.71. The van der Waals surface area contributed by atoms with Crippen molar-refractivity contribution in [2.24, 2.45) is 11.7 Å². The number of aliphatic hydroxyl groups excluding tert-OH is 1. The molecule has 1 aliphatic carbocycles. The van der Waals surface area contributed by atoms with Crippen LogP contribution in [0.4, 0.5) is 0 Å². The van der Waals surface area contributed by atoms with Gasteiger partial charge in [-0.25, -0.2) is 0 Å². The van der Waals surface area contributed by atoms with E-state index in [0.717, 1.165) is 0 Å². The molecule has 2 fully saturated rings. The van der Waals surface area contributed by atoms with E-state index in [1.54, 1.807) is 4.90 Å². The van der Waals surface area contributed by atoms with Crippen LogP contribution in [0, 0.1) is 5.92 Å². The van der Waals surface area contributed by atoms with E-state index in [0.29, 0.717) is 6.54 Å². The number of nitrogens with two attached hydrogens (primary N) is 1. The molecule has 7 nitrogen and oxygen atoms in total. The number of fused-ring (bicyclic) bond motifs is 4. The lowest BCUT2D eigenvalue weighted by atomic mass is 9.83. The first kappa shape index (κ1) is 12.1. The number of carbonyl (C=O) groups is 2. The maximum Gasteiger partial charge on any atom is 0.207 e. The summed E-state index contributed by atoms with van der Waals surface area (Å²) in [4.78, 5) is 26.4. The van der Waals surface area contributed by atoms with Crippen molar-refractivity contribution in [1.82, 2.24) is 10.2 Å². The summed E-state index contributed by atoms with van der Waals surface area (Å²) in [7, 11) is 0. The molecule has 0 spiro atoms. The number of aliphatic hydroxyl groups is 2. The molecule has 5 N–H and O–H groups in total. The fourth-order valence-corrected chi connectivity index (χ4v) is 3.81. The molecule has 0 bridgehead atoms. The fraction of sp³-hybridized carbons (Fsp3) is 0.538. The normalized spacial score (nSPS) is 42.1. The third-order valence-corrected chi connectivity index (χ3v) is 4.97. The van der Waals surface area contributed by atoms with Gasteiger partial charge in [-0.3, -0.25) is 9.59 Å². The lowest BCUT2D eigenvalue weighted by molar-refractivity contribution is -0.122. The van der Waals surface area contributed by atoms with E-state index >= 15 is 0 Å². The second kappa shape index (κ2) is 3.30. The first-order valence-electron chi connectivity index (χ1n) is 6.59. The highest BCUT2D eigenvalue weighted by atomic mass is 16.3. The number of hydrogen-bond donors (Lipinski definition) is 4. The van der Waals surface area contributed by atoms with Crippen LogP contribution in [0.2, 0.25) is 0 Å². The molecule has 7 heteroatoms. The Hall–Kier alpha value is -1.70. The summed E-state index contributed by atoms with van der Waals surface area (Å²) in [5, 5.41) is 23.7. The largest absolute Gasteiger partial charge is 0.396 e. The number of allylic oxidation sites excluding steroid dienone is 2. The van der Waals surface area contributed by atoms with Crippen LogP contribution in [-0.2, 0) is 9.59 Å². The summed E-state index contributed by atoms with van der Waals surface area (Å²) in [6.45, 7) is 1.57. The molecule has 4 atom stereocenters. The van der Waals surface area contributed by atoms with Gasteiger partial charge in [0.25, 0.3) is 0 Å². The van der Waals surface area contributed by atoms with E-state index in [-0.39, 0.29) is 40.4 Å². The number of Topliss-reactive ketones (excluding diaryl/α,β-unsaturated/α-hetero) is 2. The first-order valence-corrected chi connectivity index (χ1v) is 6.59. The number of ketones is 2. The Morgan fingerprint density at radius 3 is 2.80 bits per heavy atom. The Bertz CT molecular complexity index is 612. The summed E-state index contributed by atoms with van der Waals surface area (Å²) < 4.78 is 0. The second-order valence-electron chi connectivity index (χ2n) is 5.84. The number of carbonyl (C=O) groups excluding carboxylic acids is 2. The van der Waals surface area contributed by atoms with Crippen molar-refractivity contribution < 1.29 is 19.8 Å². The van der Waals surface area contributed by atoms with Gasteiger partial charge in [0.1, 0.15) is 0 Å². The smallest absolute Gasteiger partial charge is 0.207 e. The molecular formula is C13H15N3O4. The van der Waals surface area contributed by atoms with Crippen molar-refractivity contribution in [1.29, 1.82) is 0 Å². The minimum atomic E-state index is -1.40. The van der Waals surface area contributed by atoms with Crippen molar-refractivity contribution in [2.45, 2.75) is 24.7 Å². The quantitative estimate of drug-likeness (QED) is 0.311. The van der Waals surface area contributed by atoms with Gasteiger partial charge in [0, 0.05) is 23.7 Å². The van der Waals surface area contributed by atoms with Crippen LogP contribution in [-0.4, -0.2) is 57.6 Å². The predicted octanol–water partition coefficient (Wildman–Crippen LogP) is -2.41. The number of hydrogen-bond acceptors (Lipinski definition) is 7. The van der Waals surface area contributed by atoms with Crippen LogP contribution in [0.3, 0.4) is 0 Å². The van der Waals surface area contributed by atoms with E-state index in [1.807, 2.05) is 0 Å². The van der Waals surface area contributed by atoms with Gasteiger partial charge >= 0.3 is 0 Å². The van der Waals surface area contributed by atoms with Crippen LogP contribution in [0.5, 0.6) is 0 Å². The van der Waals surface area contributed by atoms with Gasteiger partial charge in [0.2, 0.25) is 11.6 Å². The monoisotopic (exact) mass is 277 g/mol. The predicted molar refractivity (Wildman–Crippen MR) is 66.9 cm³/mol. The molecule has 0 aromatic rings. The van der Waals surface area contributed by atoms with Crippen molar-refractivity contribution in [3.8, 4) is 0 Å².